The second kappa shape index (κ2) is 27.8. The first kappa shape index (κ1) is 35.2. The lowest BCUT2D eigenvalue weighted by Gasteiger charge is -2.07. The molecule has 1 aromatic rings. The van der Waals surface area contributed by atoms with Crippen molar-refractivity contribution in [2.24, 2.45) is 0 Å². The smallest absolute Gasteiger partial charge is 0.234 e. The lowest BCUT2D eigenvalue weighted by molar-refractivity contribution is -0.704. The Bertz CT molecular complexity index is 590. The molecule has 0 saturated carbocycles. The first-order valence-corrected chi connectivity index (χ1v) is 17.9. The summed E-state index contributed by atoms with van der Waals surface area (Å²) in [5.74, 6) is 1.61. The number of hydrogen-bond donors (Lipinski definition) is 0. The van der Waals surface area contributed by atoms with Gasteiger partial charge in [0.05, 0.1) is 13.1 Å². The second-order valence-corrected chi connectivity index (χ2v) is 12.3. The highest BCUT2D eigenvalue weighted by molar-refractivity contribution is 4.84. The minimum atomic E-state index is 1.22. The summed E-state index contributed by atoms with van der Waals surface area (Å²) in [7, 11) is 0. The molecule has 1 heterocycles. The van der Waals surface area contributed by atoms with Gasteiger partial charge in [0.25, 0.3) is 5.82 Å². The number of imidazole rings is 1. The van der Waals surface area contributed by atoms with Crippen molar-refractivity contribution in [1.82, 2.24) is 4.57 Å². The van der Waals surface area contributed by atoms with E-state index in [0.717, 1.165) is 0 Å². The third-order valence-corrected chi connectivity index (χ3v) is 8.60. The Morgan fingerprint density at radius 1 is 0.447 bits per heavy atom. The van der Waals surface area contributed by atoms with E-state index in [4.69, 9.17) is 0 Å². The zero-order valence-electron chi connectivity index (χ0n) is 26.8. The first-order valence-electron chi connectivity index (χ1n) is 17.9. The molecule has 0 atom stereocenters. The van der Waals surface area contributed by atoms with Crippen molar-refractivity contribution in [3.63, 3.8) is 0 Å². The number of aryl methyl sites for hydroxylation is 2. The van der Waals surface area contributed by atoms with Crippen molar-refractivity contribution < 1.29 is 4.57 Å². The maximum absolute atomic E-state index is 2.61. The van der Waals surface area contributed by atoms with Crippen molar-refractivity contribution >= 4 is 0 Å². The summed E-state index contributed by atoms with van der Waals surface area (Å²) in [6, 6.07) is 0. The summed E-state index contributed by atoms with van der Waals surface area (Å²) < 4.78 is 5.21. The average molecular weight is 532 g/mol. The second-order valence-electron chi connectivity index (χ2n) is 12.3. The quantitative estimate of drug-likeness (QED) is 0.0689. The molecule has 0 spiro atoms. The van der Waals surface area contributed by atoms with Crippen LogP contribution in [0.15, 0.2) is 12.4 Å². The van der Waals surface area contributed by atoms with Crippen LogP contribution in [0.25, 0.3) is 0 Å². The molecule has 0 bridgehead atoms. The third-order valence-electron chi connectivity index (χ3n) is 8.60. The summed E-state index contributed by atoms with van der Waals surface area (Å²) in [6.45, 7) is 9.38. The van der Waals surface area contributed by atoms with E-state index in [9.17, 15) is 0 Å². The van der Waals surface area contributed by atoms with Crippen molar-refractivity contribution in [3.8, 4) is 0 Å². The Kier molecular flexibility index (Phi) is 25.7. The van der Waals surface area contributed by atoms with Gasteiger partial charge in [0.2, 0.25) is 0 Å². The Morgan fingerprint density at radius 2 is 0.816 bits per heavy atom. The summed E-state index contributed by atoms with van der Waals surface area (Å²) in [5, 5.41) is 0. The molecule has 38 heavy (non-hydrogen) atoms. The standard InChI is InChI=1S/C36H71N2/c1-4-7-10-13-15-17-18-19-20-21-22-23-25-27-30-33-38-35-34-37(32-29-12-9-6-3)36(38)31-28-26-24-16-14-11-8-5-2/h34-35H,4-33H2,1-3H3/q+1. The highest BCUT2D eigenvalue weighted by atomic mass is 15.1. The maximum atomic E-state index is 2.61. The normalized spacial score (nSPS) is 11.6. The van der Waals surface area contributed by atoms with E-state index in [1.807, 2.05) is 0 Å². The maximum Gasteiger partial charge on any atom is 0.256 e. The molecule has 1 rings (SSSR count). The zero-order valence-corrected chi connectivity index (χ0v) is 26.8. The van der Waals surface area contributed by atoms with Crippen LogP contribution in [0.1, 0.15) is 200 Å². The van der Waals surface area contributed by atoms with Crippen LogP contribution in [-0.2, 0) is 19.5 Å². The summed E-state index contributed by atoms with van der Waals surface area (Å²) in [6.07, 6.45) is 44.5. The van der Waals surface area contributed by atoms with Crippen LogP contribution in [0.3, 0.4) is 0 Å². The van der Waals surface area contributed by atoms with Crippen LogP contribution in [0.2, 0.25) is 0 Å². The van der Waals surface area contributed by atoms with E-state index in [1.54, 1.807) is 5.82 Å². The average Bonchev–Trinajstić information content (AvgIpc) is 3.31. The summed E-state index contributed by atoms with van der Waals surface area (Å²) in [5.41, 5.74) is 0. The molecule has 0 aromatic carbocycles. The predicted octanol–water partition coefficient (Wildman–Crippen LogP) is 11.9. The molecule has 0 aliphatic carbocycles. The third kappa shape index (κ3) is 20.2. The van der Waals surface area contributed by atoms with Gasteiger partial charge in [-0.05, 0) is 32.1 Å². The fourth-order valence-electron chi connectivity index (χ4n) is 5.97. The van der Waals surface area contributed by atoms with Crippen molar-refractivity contribution in [3.05, 3.63) is 18.2 Å². The molecule has 0 radical (unpaired) electrons. The van der Waals surface area contributed by atoms with Crippen LogP contribution >= 0.6 is 0 Å². The Balaban J connectivity index is 2.18. The highest BCUT2D eigenvalue weighted by Crippen LogP contribution is 2.14. The molecule has 2 nitrogen and oxygen atoms in total. The molecule has 0 fully saturated rings. The van der Waals surface area contributed by atoms with E-state index in [1.165, 1.54) is 193 Å². The molecule has 0 N–H and O–H groups in total. The number of hydrogen-bond acceptors (Lipinski definition) is 0. The number of rotatable bonds is 30. The number of aromatic nitrogens is 2. The lowest BCUT2D eigenvalue weighted by Crippen LogP contribution is -2.37. The van der Waals surface area contributed by atoms with E-state index < -0.39 is 0 Å². The summed E-state index contributed by atoms with van der Waals surface area (Å²) >= 11 is 0. The molecule has 0 saturated heterocycles. The van der Waals surface area contributed by atoms with Gasteiger partial charge in [-0.1, -0.05) is 162 Å². The van der Waals surface area contributed by atoms with Gasteiger partial charge in [0.15, 0.2) is 0 Å². The number of nitrogens with zero attached hydrogens (tertiary/aromatic N) is 2. The minimum absolute atomic E-state index is 1.22. The van der Waals surface area contributed by atoms with E-state index in [-0.39, 0.29) is 0 Å². The molecular weight excluding hydrogens is 460 g/mol. The predicted molar refractivity (Wildman–Crippen MR) is 170 cm³/mol. The Morgan fingerprint density at radius 3 is 1.26 bits per heavy atom. The fourth-order valence-corrected chi connectivity index (χ4v) is 5.97. The molecule has 1 aromatic heterocycles. The Hall–Kier alpha value is -0.790. The van der Waals surface area contributed by atoms with Gasteiger partial charge in [-0.25, -0.2) is 9.13 Å². The van der Waals surface area contributed by atoms with Gasteiger partial charge in [-0.2, -0.15) is 0 Å². The minimum Gasteiger partial charge on any atom is -0.234 e. The van der Waals surface area contributed by atoms with Crippen molar-refractivity contribution in [2.75, 3.05) is 0 Å². The molecule has 224 valence electrons. The highest BCUT2D eigenvalue weighted by Gasteiger charge is 2.16. The van der Waals surface area contributed by atoms with Crippen LogP contribution in [0, 0.1) is 0 Å². The molecule has 2 heteroatoms. The molecule has 0 aliphatic rings. The largest absolute Gasteiger partial charge is 0.256 e. The van der Waals surface area contributed by atoms with Gasteiger partial charge < -0.3 is 0 Å². The van der Waals surface area contributed by atoms with Crippen molar-refractivity contribution in [1.29, 1.82) is 0 Å². The van der Waals surface area contributed by atoms with E-state index >= 15 is 0 Å². The molecule has 0 amide bonds. The SMILES string of the molecule is CCCCCCCCCCCCCCCCC[n+]1ccn(CCCCCC)c1CCCCCCCCCC. The van der Waals surface area contributed by atoms with E-state index in [2.05, 4.69) is 42.3 Å². The molecular formula is C36H71N2+. The van der Waals surface area contributed by atoms with Crippen LogP contribution in [0.4, 0.5) is 0 Å². The molecule has 0 aliphatic heterocycles. The summed E-state index contributed by atoms with van der Waals surface area (Å²) in [4.78, 5) is 0. The van der Waals surface area contributed by atoms with Gasteiger partial charge >= 0.3 is 0 Å². The monoisotopic (exact) mass is 532 g/mol. The lowest BCUT2D eigenvalue weighted by atomic mass is 10.0. The zero-order chi connectivity index (χ0) is 27.4. The van der Waals surface area contributed by atoms with Gasteiger partial charge in [0.1, 0.15) is 12.4 Å². The topological polar surface area (TPSA) is 8.81 Å². The fraction of sp³-hybridized carbons (Fsp3) is 0.917. The Labute approximate surface area is 240 Å². The van der Waals surface area contributed by atoms with Crippen molar-refractivity contribution in [2.45, 2.75) is 214 Å². The first-order chi connectivity index (χ1) is 18.8. The number of unbranched alkanes of at least 4 members (excludes halogenated alkanes) is 24. The van der Waals surface area contributed by atoms with E-state index in [0.29, 0.717) is 0 Å². The van der Waals surface area contributed by atoms with Crippen LogP contribution in [0.5, 0.6) is 0 Å². The van der Waals surface area contributed by atoms with Crippen LogP contribution < -0.4 is 4.57 Å². The molecule has 0 unspecified atom stereocenters. The van der Waals surface area contributed by atoms with Gasteiger partial charge in [0, 0.05) is 6.42 Å². The van der Waals surface area contributed by atoms with Crippen LogP contribution in [-0.4, -0.2) is 4.57 Å². The van der Waals surface area contributed by atoms with Gasteiger partial charge in [-0.3, -0.25) is 0 Å². The van der Waals surface area contributed by atoms with Gasteiger partial charge in [-0.15, -0.1) is 0 Å².